The number of benzene rings is 2. The molecule has 0 heterocycles. The van der Waals surface area contributed by atoms with Gasteiger partial charge in [-0.15, -0.1) is 0 Å². The molecular weight excluding hydrogens is 334 g/mol. The van der Waals surface area contributed by atoms with Gasteiger partial charge < -0.3 is 4.18 Å². The summed E-state index contributed by atoms with van der Waals surface area (Å²) in [6.45, 7) is 0. The molecule has 118 valence electrons. The lowest BCUT2D eigenvalue weighted by Gasteiger charge is -2.16. The highest BCUT2D eigenvalue weighted by Gasteiger charge is 2.21. The van der Waals surface area contributed by atoms with E-state index in [1.807, 2.05) is 12.1 Å². The van der Waals surface area contributed by atoms with Crippen molar-refractivity contribution in [1.29, 1.82) is 5.26 Å². The Morgan fingerprint density at radius 2 is 1.78 bits per heavy atom. The number of halogens is 1. The molecule has 0 saturated carbocycles. The van der Waals surface area contributed by atoms with Crippen LogP contribution in [0.4, 0.5) is 0 Å². The van der Waals surface area contributed by atoms with E-state index in [0.717, 1.165) is 31.2 Å². The minimum Gasteiger partial charge on any atom is -0.377 e. The monoisotopic (exact) mass is 347 g/mol. The van der Waals surface area contributed by atoms with Crippen LogP contribution in [0, 0.1) is 11.3 Å². The second-order valence-corrected chi connectivity index (χ2v) is 7.39. The first kappa shape index (κ1) is 15.9. The van der Waals surface area contributed by atoms with Crippen LogP contribution in [0.1, 0.15) is 29.5 Å². The summed E-state index contributed by atoms with van der Waals surface area (Å²) in [6.07, 6.45) is 4.07. The predicted octanol–water partition coefficient (Wildman–Crippen LogP) is 3.86. The topological polar surface area (TPSA) is 67.2 Å². The number of fused-ring (bicyclic) bond motifs is 1. The summed E-state index contributed by atoms with van der Waals surface area (Å²) >= 11 is 5.98. The molecule has 4 nitrogen and oxygen atoms in total. The van der Waals surface area contributed by atoms with Gasteiger partial charge in [0.25, 0.3) is 0 Å². The maximum absolute atomic E-state index is 12.4. The first-order chi connectivity index (χ1) is 11.0. The summed E-state index contributed by atoms with van der Waals surface area (Å²) in [4.78, 5) is 0.124. The zero-order valence-corrected chi connectivity index (χ0v) is 13.8. The first-order valence-electron chi connectivity index (χ1n) is 7.25. The fourth-order valence-corrected chi connectivity index (χ4v) is 3.93. The van der Waals surface area contributed by atoms with Crippen molar-refractivity contribution in [3.63, 3.8) is 0 Å². The van der Waals surface area contributed by atoms with Gasteiger partial charge in [-0.3, -0.25) is 0 Å². The third kappa shape index (κ3) is 3.34. The molecule has 0 unspecified atom stereocenters. The van der Waals surface area contributed by atoms with Crippen LogP contribution < -0.4 is 4.18 Å². The highest BCUT2D eigenvalue weighted by Crippen LogP contribution is 2.30. The number of hydrogen-bond acceptors (Lipinski definition) is 4. The lowest BCUT2D eigenvalue weighted by Crippen LogP contribution is -2.12. The first-order valence-corrected chi connectivity index (χ1v) is 9.04. The van der Waals surface area contributed by atoms with E-state index in [0.29, 0.717) is 5.56 Å². The molecule has 2 aromatic carbocycles. The van der Waals surface area contributed by atoms with Crippen molar-refractivity contribution >= 4 is 21.7 Å². The number of nitriles is 1. The van der Waals surface area contributed by atoms with Gasteiger partial charge in [0.1, 0.15) is 4.90 Å². The summed E-state index contributed by atoms with van der Waals surface area (Å²) in [5.41, 5.74) is 2.60. The fourth-order valence-electron chi connectivity index (χ4n) is 2.67. The molecule has 3 rings (SSSR count). The van der Waals surface area contributed by atoms with Crippen LogP contribution in [0.15, 0.2) is 41.3 Å². The number of rotatable bonds is 3. The van der Waals surface area contributed by atoms with E-state index < -0.39 is 10.1 Å². The number of nitrogens with zero attached hydrogens (tertiary/aromatic N) is 1. The molecule has 0 aliphatic heterocycles. The zero-order chi connectivity index (χ0) is 16.4. The third-order valence-corrected chi connectivity index (χ3v) is 5.39. The van der Waals surface area contributed by atoms with Gasteiger partial charge in [-0.1, -0.05) is 17.7 Å². The second kappa shape index (κ2) is 6.23. The minimum atomic E-state index is -3.96. The molecule has 0 atom stereocenters. The van der Waals surface area contributed by atoms with Crippen LogP contribution in [-0.2, 0) is 23.0 Å². The van der Waals surface area contributed by atoms with Gasteiger partial charge >= 0.3 is 10.1 Å². The van der Waals surface area contributed by atoms with E-state index in [9.17, 15) is 8.42 Å². The van der Waals surface area contributed by atoms with Gasteiger partial charge in [0, 0.05) is 0 Å². The van der Waals surface area contributed by atoms with Crippen LogP contribution in [0.5, 0.6) is 5.75 Å². The van der Waals surface area contributed by atoms with Crippen LogP contribution in [0.3, 0.4) is 0 Å². The lowest BCUT2D eigenvalue weighted by atomic mass is 9.92. The molecule has 0 fully saturated rings. The molecule has 0 saturated heterocycles. The van der Waals surface area contributed by atoms with Gasteiger partial charge in [-0.05, 0) is 67.1 Å². The highest BCUT2D eigenvalue weighted by atomic mass is 35.5. The van der Waals surface area contributed by atoms with Crippen LogP contribution in [0.25, 0.3) is 0 Å². The molecule has 2 aromatic rings. The molecule has 23 heavy (non-hydrogen) atoms. The average Bonchev–Trinajstić information content (AvgIpc) is 2.56. The van der Waals surface area contributed by atoms with Gasteiger partial charge in [-0.25, -0.2) is 0 Å². The molecule has 0 spiro atoms. The normalized spacial score (nSPS) is 13.9. The van der Waals surface area contributed by atoms with Crippen molar-refractivity contribution in [2.24, 2.45) is 0 Å². The molecule has 0 bridgehead atoms. The van der Waals surface area contributed by atoms with E-state index in [-0.39, 0.29) is 15.7 Å². The Labute approximate surface area is 140 Å². The molecule has 0 amide bonds. The van der Waals surface area contributed by atoms with Gasteiger partial charge in [0.2, 0.25) is 0 Å². The van der Waals surface area contributed by atoms with Crippen molar-refractivity contribution in [2.45, 2.75) is 30.6 Å². The number of hydrogen-bond donors (Lipinski definition) is 0. The smallest absolute Gasteiger partial charge is 0.339 e. The molecule has 0 N–H and O–H groups in total. The SMILES string of the molecule is N#Cc1ccc(OS(=O)(=O)c2ccc3c(c2)CCCC3)c(Cl)c1. The van der Waals surface area contributed by atoms with E-state index in [2.05, 4.69) is 0 Å². The fraction of sp³-hybridized carbons (Fsp3) is 0.235. The Morgan fingerprint density at radius 1 is 1.04 bits per heavy atom. The minimum absolute atomic E-state index is 0.0170. The molecule has 6 heteroatoms. The summed E-state index contributed by atoms with van der Waals surface area (Å²) in [7, 11) is -3.96. The van der Waals surface area contributed by atoms with E-state index >= 15 is 0 Å². The Bertz CT molecular complexity index is 901. The van der Waals surface area contributed by atoms with Crippen molar-refractivity contribution in [3.8, 4) is 11.8 Å². The highest BCUT2D eigenvalue weighted by molar-refractivity contribution is 7.87. The van der Waals surface area contributed by atoms with Crippen molar-refractivity contribution < 1.29 is 12.6 Å². The Balaban J connectivity index is 1.92. The van der Waals surface area contributed by atoms with E-state index in [1.54, 1.807) is 12.1 Å². The maximum atomic E-state index is 12.4. The van der Waals surface area contributed by atoms with E-state index in [4.69, 9.17) is 21.0 Å². The quantitative estimate of drug-likeness (QED) is 0.791. The van der Waals surface area contributed by atoms with Crippen LogP contribution in [0.2, 0.25) is 5.02 Å². The standard InChI is InChI=1S/C17H14ClNO3S/c18-16-9-12(11-19)5-8-17(16)22-23(20,21)15-7-6-13-3-1-2-4-14(13)10-15/h5-10H,1-4H2. The third-order valence-electron chi connectivity index (χ3n) is 3.87. The summed E-state index contributed by atoms with van der Waals surface area (Å²) < 4.78 is 30.0. The van der Waals surface area contributed by atoms with Crippen molar-refractivity contribution in [1.82, 2.24) is 0 Å². The van der Waals surface area contributed by atoms with Gasteiger partial charge in [0.05, 0.1) is 16.7 Å². The Morgan fingerprint density at radius 3 is 2.48 bits per heavy atom. The van der Waals surface area contributed by atoms with Crippen molar-refractivity contribution in [3.05, 3.63) is 58.1 Å². The van der Waals surface area contributed by atoms with Gasteiger partial charge in [-0.2, -0.15) is 13.7 Å². The van der Waals surface area contributed by atoms with Gasteiger partial charge in [0.15, 0.2) is 5.75 Å². The Hall–Kier alpha value is -2.03. The summed E-state index contributed by atoms with van der Waals surface area (Å²) in [5, 5.41) is 8.90. The molecule has 1 aliphatic carbocycles. The van der Waals surface area contributed by atoms with E-state index in [1.165, 1.54) is 23.8 Å². The molecule has 1 aliphatic rings. The Kier molecular flexibility index (Phi) is 4.29. The second-order valence-electron chi connectivity index (χ2n) is 5.43. The van der Waals surface area contributed by atoms with Crippen molar-refractivity contribution in [2.75, 3.05) is 0 Å². The van der Waals surface area contributed by atoms with Crippen LogP contribution in [-0.4, -0.2) is 8.42 Å². The summed E-state index contributed by atoms with van der Waals surface area (Å²) in [5.74, 6) is 0.0170. The molecule has 0 radical (unpaired) electrons. The maximum Gasteiger partial charge on any atom is 0.339 e. The molecular formula is C17H14ClNO3S. The average molecular weight is 348 g/mol. The largest absolute Gasteiger partial charge is 0.377 e. The number of aryl methyl sites for hydroxylation is 2. The molecule has 0 aromatic heterocycles. The van der Waals surface area contributed by atoms with Crippen LogP contribution >= 0.6 is 11.6 Å². The zero-order valence-electron chi connectivity index (χ0n) is 12.3. The predicted molar refractivity (Wildman–Crippen MR) is 87.1 cm³/mol. The summed E-state index contributed by atoms with van der Waals surface area (Å²) in [6, 6.07) is 11.3. The lowest BCUT2D eigenvalue weighted by molar-refractivity contribution is 0.486.